The number of carbonyl (C=O) groups excluding carboxylic acids is 3. The van der Waals surface area contributed by atoms with Crippen molar-refractivity contribution in [3.63, 3.8) is 0 Å². The maximum Gasteiger partial charge on any atom is 0.250 e. The van der Waals surface area contributed by atoms with Gasteiger partial charge in [0.05, 0.1) is 11.8 Å². The van der Waals surface area contributed by atoms with Crippen LogP contribution < -0.4 is 10.6 Å². The lowest BCUT2D eigenvalue weighted by Crippen LogP contribution is -2.54. The molecule has 0 aromatic heterocycles. The van der Waals surface area contributed by atoms with E-state index >= 15 is 0 Å². The zero-order chi connectivity index (χ0) is 21.9. The molecule has 3 amide bonds. The zero-order valence-electron chi connectivity index (χ0n) is 17.4. The monoisotopic (exact) mass is 421 g/mol. The van der Waals surface area contributed by atoms with Crippen LogP contribution in [0.2, 0.25) is 0 Å². The summed E-state index contributed by atoms with van der Waals surface area (Å²) in [6, 6.07) is 13.0. The van der Waals surface area contributed by atoms with E-state index in [1.165, 1.54) is 23.1 Å². The second-order valence-electron chi connectivity index (χ2n) is 8.70. The highest BCUT2D eigenvalue weighted by Crippen LogP contribution is 2.53. The van der Waals surface area contributed by atoms with Gasteiger partial charge in [-0.1, -0.05) is 37.3 Å². The van der Waals surface area contributed by atoms with Crippen molar-refractivity contribution in [1.82, 2.24) is 10.2 Å². The molecule has 3 aliphatic heterocycles. The lowest BCUT2D eigenvalue weighted by atomic mass is 9.76. The van der Waals surface area contributed by atoms with E-state index in [0.29, 0.717) is 24.1 Å². The van der Waals surface area contributed by atoms with Gasteiger partial charge in [0.1, 0.15) is 11.4 Å². The molecule has 5 atom stereocenters. The van der Waals surface area contributed by atoms with E-state index in [2.05, 4.69) is 10.6 Å². The van der Waals surface area contributed by atoms with Crippen LogP contribution in [0.3, 0.4) is 0 Å². The van der Waals surface area contributed by atoms with Crippen LogP contribution in [0.4, 0.5) is 10.1 Å². The Kier molecular flexibility index (Phi) is 4.48. The van der Waals surface area contributed by atoms with E-state index < -0.39 is 35.1 Å². The molecule has 5 rings (SSSR count). The van der Waals surface area contributed by atoms with Gasteiger partial charge in [-0.05, 0) is 43.5 Å². The summed E-state index contributed by atoms with van der Waals surface area (Å²) in [7, 11) is 0. The molecule has 6 nitrogen and oxygen atoms in total. The molecule has 0 unspecified atom stereocenters. The van der Waals surface area contributed by atoms with Gasteiger partial charge in [-0.2, -0.15) is 0 Å². The average Bonchev–Trinajstić information content (AvgIpc) is 3.33. The van der Waals surface area contributed by atoms with Crippen LogP contribution in [-0.2, 0) is 26.3 Å². The van der Waals surface area contributed by atoms with Gasteiger partial charge in [0.15, 0.2) is 0 Å². The third-order valence-electron chi connectivity index (χ3n) is 7.04. The lowest BCUT2D eigenvalue weighted by Gasteiger charge is -2.31. The van der Waals surface area contributed by atoms with Crippen molar-refractivity contribution >= 4 is 23.4 Å². The van der Waals surface area contributed by atoms with Crippen LogP contribution in [0.15, 0.2) is 48.5 Å². The molecule has 2 aromatic rings. The number of rotatable bonds is 4. The van der Waals surface area contributed by atoms with Gasteiger partial charge in [0.25, 0.3) is 0 Å². The van der Waals surface area contributed by atoms with Gasteiger partial charge in [-0.25, -0.2) is 4.39 Å². The summed E-state index contributed by atoms with van der Waals surface area (Å²) in [4.78, 5) is 41.7. The Morgan fingerprint density at radius 3 is 2.55 bits per heavy atom. The molecular formula is C24H24FN3O3. The molecule has 2 aromatic carbocycles. The summed E-state index contributed by atoms with van der Waals surface area (Å²) in [6.45, 7) is 3.76. The van der Waals surface area contributed by atoms with Crippen molar-refractivity contribution in [1.29, 1.82) is 0 Å². The Labute approximate surface area is 179 Å². The second-order valence-corrected chi connectivity index (χ2v) is 8.70. The molecular weight excluding hydrogens is 397 g/mol. The molecule has 3 aliphatic rings. The molecule has 0 radical (unpaired) electrons. The van der Waals surface area contributed by atoms with E-state index in [1.54, 1.807) is 0 Å². The van der Waals surface area contributed by atoms with E-state index in [0.717, 1.165) is 5.56 Å². The highest BCUT2D eigenvalue weighted by Gasteiger charge is 2.70. The van der Waals surface area contributed by atoms with Crippen LogP contribution in [0.1, 0.15) is 31.4 Å². The quantitative estimate of drug-likeness (QED) is 0.744. The molecule has 3 heterocycles. The first-order valence-electron chi connectivity index (χ1n) is 10.7. The van der Waals surface area contributed by atoms with Crippen molar-refractivity contribution in [3.8, 4) is 0 Å². The molecule has 2 saturated heterocycles. The topological polar surface area (TPSA) is 78.5 Å². The van der Waals surface area contributed by atoms with Gasteiger partial charge in [-0.3, -0.25) is 24.6 Å². The molecule has 160 valence electrons. The first kappa shape index (κ1) is 19.9. The number of likely N-dealkylation sites (tertiary alicyclic amines) is 1. The van der Waals surface area contributed by atoms with Crippen LogP contribution >= 0.6 is 0 Å². The molecule has 31 heavy (non-hydrogen) atoms. The van der Waals surface area contributed by atoms with Gasteiger partial charge in [0, 0.05) is 23.3 Å². The highest BCUT2D eigenvalue weighted by molar-refractivity contribution is 6.15. The average molecular weight is 421 g/mol. The summed E-state index contributed by atoms with van der Waals surface area (Å²) in [5, 5.41) is 6.14. The van der Waals surface area contributed by atoms with Crippen molar-refractivity contribution < 1.29 is 18.8 Å². The second kappa shape index (κ2) is 6.99. The first-order chi connectivity index (χ1) is 14.9. The Morgan fingerprint density at radius 1 is 1.10 bits per heavy atom. The van der Waals surface area contributed by atoms with Gasteiger partial charge in [-0.15, -0.1) is 0 Å². The molecule has 2 fully saturated rings. The predicted molar refractivity (Wildman–Crippen MR) is 112 cm³/mol. The number of amides is 3. The fraction of sp³-hybridized carbons (Fsp3) is 0.375. The van der Waals surface area contributed by atoms with Crippen LogP contribution in [0.25, 0.3) is 0 Å². The Balaban J connectivity index is 1.66. The number of fused-ring (bicyclic) bond motifs is 4. The molecule has 0 bridgehead atoms. The summed E-state index contributed by atoms with van der Waals surface area (Å²) in [6.07, 6.45) is 1.10. The Morgan fingerprint density at radius 2 is 1.84 bits per heavy atom. The van der Waals surface area contributed by atoms with E-state index in [9.17, 15) is 18.8 Å². The van der Waals surface area contributed by atoms with Gasteiger partial charge < -0.3 is 5.32 Å². The first-order valence-corrected chi connectivity index (χ1v) is 10.7. The number of benzene rings is 2. The fourth-order valence-corrected chi connectivity index (χ4v) is 5.46. The summed E-state index contributed by atoms with van der Waals surface area (Å²) >= 11 is 0. The third kappa shape index (κ3) is 2.69. The maximum atomic E-state index is 14.2. The van der Waals surface area contributed by atoms with Gasteiger partial charge in [0.2, 0.25) is 17.7 Å². The predicted octanol–water partition coefficient (Wildman–Crippen LogP) is 2.59. The standard InChI is InChI=1S/C24H24FN3O3/c1-3-13(2)28-21(29)19-18(11-14-7-5-4-6-8-14)27-24(20(19)22(28)30)16-12-15(25)9-10-17(16)26-23(24)31/h4-10,12-13,18-20,27H,3,11H2,1-2H3,(H,26,31)/t13-,18-,19-,20+,24+/m1/s1. The zero-order valence-corrected chi connectivity index (χ0v) is 17.4. The Hall–Kier alpha value is -3.06. The summed E-state index contributed by atoms with van der Waals surface area (Å²) in [5.74, 6) is -3.12. The fourth-order valence-electron chi connectivity index (χ4n) is 5.46. The van der Waals surface area contributed by atoms with Crippen molar-refractivity contribution in [2.45, 2.75) is 44.3 Å². The van der Waals surface area contributed by atoms with Gasteiger partial charge >= 0.3 is 0 Å². The van der Waals surface area contributed by atoms with Crippen LogP contribution in [-0.4, -0.2) is 34.7 Å². The maximum absolute atomic E-state index is 14.2. The minimum Gasteiger partial charge on any atom is -0.324 e. The number of imide groups is 1. The number of halogens is 1. The SMILES string of the molecule is CC[C@@H](C)N1C(=O)[C@H]2[C@@H](C1=O)[C@]1(N[C@@H]2Cc2ccccc2)C(=O)Nc2ccc(F)cc21. The largest absolute Gasteiger partial charge is 0.324 e. The Bertz CT molecular complexity index is 1090. The number of nitrogens with one attached hydrogen (secondary N) is 2. The number of nitrogens with zero attached hydrogens (tertiary/aromatic N) is 1. The van der Waals surface area contributed by atoms with Crippen LogP contribution in [0.5, 0.6) is 0 Å². The van der Waals surface area contributed by atoms with Crippen LogP contribution in [0, 0.1) is 17.7 Å². The molecule has 0 saturated carbocycles. The minimum absolute atomic E-state index is 0.257. The highest BCUT2D eigenvalue weighted by atomic mass is 19.1. The minimum atomic E-state index is -1.46. The normalized spacial score (nSPS) is 30.0. The van der Waals surface area contributed by atoms with E-state index in [4.69, 9.17) is 0 Å². The number of carbonyl (C=O) groups is 3. The summed E-state index contributed by atoms with van der Waals surface area (Å²) in [5.41, 5.74) is 0.405. The molecule has 1 spiro atoms. The molecule has 2 N–H and O–H groups in total. The van der Waals surface area contributed by atoms with Crippen molar-refractivity contribution in [3.05, 3.63) is 65.5 Å². The molecule has 7 heteroatoms. The number of hydrogen-bond acceptors (Lipinski definition) is 4. The molecule has 0 aliphatic carbocycles. The third-order valence-corrected chi connectivity index (χ3v) is 7.04. The number of hydrogen-bond donors (Lipinski definition) is 2. The van der Waals surface area contributed by atoms with Crippen molar-refractivity contribution in [2.24, 2.45) is 11.8 Å². The smallest absolute Gasteiger partial charge is 0.250 e. The number of anilines is 1. The van der Waals surface area contributed by atoms with E-state index in [1.807, 2.05) is 44.2 Å². The lowest BCUT2D eigenvalue weighted by molar-refractivity contribution is -0.145. The van der Waals surface area contributed by atoms with E-state index in [-0.39, 0.29) is 17.9 Å². The van der Waals surface area contributed by atoms with Crippen molar-refractivity contribution in [2.75, 3.05) is 5.32 Å². The summed E-state index contributed by atoms with van der Waals surface area (Å²) < 4.78 is 14.2.